The van der Waals surface area contributed by atoms with Gasteiger partial charge in [0.1, 0.15) is 17.1 Å². The largest absolute Gasteiger partial charge is 0.507 e. The molecular weight excluding hydrogens is 544 g/mol. The Hall–Kier alpha value is -1.96. The van der Waals surface area contributed by atoms with Gasteiger partial charge in [0.2, 0.25) is 0 Å². The maximum Gasteiger partial charge on any atom is 0.339 e. The van der Waals surface area contributed by atoms with Crippen LogP contribution in [0.1, 0.15) is 128 Å². The summed E-state index contributed by atoms with van der Waals surface area (Å²) in [4.78, 5) is 25.9. The lowest BCUT2D eigenvalue weighted by Gasteiger charge is -2.54. The van der Waals surface area contributed by atoms with Crippen LogP contribution < -0.4 is 0 Å². The number of Topliss-reactive ketones (excluding diaryl/α,β-unsaturated/α-hetero) is 1. The third-order valence-electron chi connectivity index (χ3n) is 12.1. The number of carboxylic acid groups (broad SMARTS) is 1. The number of phenols is 1. The number of carbonyl (C=O) groups is 2. The number of ketones is 1. The van der Waals surface area contributed by atoms with E-state index in [1.54, 1.807) is 19.1 Å². The molecule has 1 aromatic rings. The Bertz CT molecular complexity index is 1150. The van der Waals surface area contributed by atoms with Crippen LogP contribution in [0, 0.1) is 41.9 Å². The number of ether oxygens (including phenoxy) is 1. The van der Waals surface area contributed by atoms with Gasteiger partial charge < -0.3 is 25.2 Å². The van der Waals surface area contributed by atoms with E-state index in [0.717, 1.165) is 32.1 Å². The van der Waals surface area contributed by atoms with Gasteiger partial charge in [-0.2, -0.15) is 0 Å². The van der Waals surface area contributed by atoms with E-state index in [1.165, 1.54) is 0 Å². The van der Waals surface area contributed by atoms with Crippen LogP contribution in [0.3, 0.4) is 0 Å². The first-order valence-corrected chi connectivity index (χ1v) is 16.7. The van der Waals surface area contributed by atoms with E-state index in [4.69, 9.17) is 4.74 Å². The Labute approximate surface area is 259 Å². The predicted octanol–water partition coefficient (Wildman–Crippen LogP) is 7.10. The molecule has 0 amide bonds. The molecule has 43 heavy (non-hydrogen) atoms. The zero-order valence-electron chi connectivity index (χ0n) is 28.1. The van der Waals surface area contributed by atoms with Gasteiger partial charge in [-0.25, -0.2) is 4.79 Å². The van der Waals surface area contributed by atoms with Gasteiger partial charge in [-0.3, -0.25) is 4.79 Å². The van der Waals surface area contributed by atoms with E-state index in [1.807, 2.05) is 27.7 Å². The van der Waals surface area contributed by atoms with Crippen molar-refractivity contribution in [2.24, 2.45) is 35.0 Å². The summed E-state index contributed by atoms with van der Waals surface area (Å²) in [5, 5.41) is 42.4. The van der Waals surface area contributed by atoms with Crippen LogP contribution in [0.25, 0.3) is 0 Å². The standard InChI is InChI=1S/C36H58O7/c1-10-27(28-20-35(11-2,19-23(28)6)34(9)17-18-36(42,12-3)25(8)43-34)32(39)24(7)30(37)21(4)13-15-26-16-14-22(5)31(38)29(26)33(40)41/h14,16,21,23-25,27-28,30,37-38,42H,10-13,15,17-20H2,1-9H3,(H,40,41)/t21-,23+,24+,25+,27-,28+,30+,34-,35-,36-/m1/s1. The summed E-state index contributed by atoms with van der Waals surface area (Å²) in [6.07, 6.45) is 5.51. The highest BCUT2D eigenvalue weighted by Gasteiger charge is 2.59. The highest BCUT2D eigenvalue weighted by Crippen LogP contribution is 2.60. The molecule has 0 bridgehead atoms. The Kier molecular flexibility index (Phi) is 11.2. The molecule has 10 atom stereocenters. The summed E-state index contributed by atoms with van der Waals surface area (Å²) >= 11 is 0. The van der Waals surface area contributed by atoms with E-state index in [-0.39, 0.29) is 52.0 Å². The zero-order valence-corrected chi connectivity index (χ0v) is 28.1. The van der Waals surface area contributed by atoms with Gasteiger partial charge in [0.15, 0.2) is 0 Å². The average Bonchev–Trinajstić information content (AvgIpc) is 3.32. The van der Waals surface area contributed by atoms with Crippen LogP contribution in [-0.2, 0) is 16.0 Å². The molecule has 3 rings (SSSR count). The molecule has 0 aromatic heterocycles. The second-order valence-electron chi connectivity index (χ2n) is 14.4. The molecule has 2 aliphatic rings. The quantitative estimate of drug-likeness (QED) is 0.190. The second-order valence-corrected chi connectivity index (χ2v) is 14.4. The average molecular weight is 603 g/mol. The van der Waals surface area contributed by atoms with Crippen molar-refractivity contribution in [3.05, 3.63) is 28.8 Å². The molecule has 7 nitrogen and oxygen atoms in total. The summed E-state index contributed by atoms with van der Waals surface area (Å²) < 4.78 is 6.72. The fourth-order valence-corrected chi connectivity index (χ4v) is 8.66. The normalized spacial score (nSPS) is 34.0. The number of hydrogen-bond acceptors (Lipinski definition) is 6. The molecule has 1 saturated carbocycles. The van der Waals surface area contributed by atoms with Crippen LogP contribution in [0.4, 0.5) is 0 Å². The number of aromatic hydroxyl groups is 1. The number of hydrogen-bond donors (Lipinski definition) is 4. The predicted molar refractivity (Wildman–Crippen MR) is 169 cm³/mol. The van der Waals surface area contributed by atoms with Gasteiger partial charge in [0, 0.05) is 11.8 Å². The number of aromatic carboxylic acids is 1. The lowest BCUT2D eigenvalue weighted by atomic mass is 9.63. The Morgan fingerprint density at radius 3 is 2.26 bits per heavy atom. The molecule has 2 fully saturated rings. The fraction of sp³-hybridized carbons (Fsp3) is 0.778. The highest BCUT2D eigenvalue weighted by molar-refractivity contribution is 5.93. The number of aliphatic hydroxyl groups is 2. The highest BCUT2D eigenvalue weighted by atomic mass is 16.5. The smallest absolute Gasteiger partial charge is 0.339 e. The van der Waals surface area contributed by atoms with E-state index >= 15 is 0 Å². The van der Waals surface area contributed by atoms with Gasteiger partial charge in [-0.15, -0.1) is 0 Å². The van der Waals surface area contributed by atoms with Crippen LogP contribution in [-0.4, -0.2) is 55.6 Å². The summed E-state index contributed by atoms with van der Waals surface area (Å²) in [5.41, 5.74) is -0.293. The minimum absolute atomic E-state index is 0.0787. The van der Waals surface area contributed by atoms with Gasteiger partial charge in [0.05, 0.1) is 23.4 Å². The summed E-state index contributed by atoms with van der Waals surface area (Å²) in [5.74, 6) is -1.69. The third kappa shape index (κ3) is 6.69. The van der Waals surface area contributed by atoms with E-state index in [0.29, 0.717) is 42.7 Å². The van der Waals surface area contributed by atoms with E-state index in [2.05, 4.69) is 27.7 Å². The first kappa shape index (κ1) is 35.5. The molecule has 0 unspecified atom stereocenters. The molecule has 1 aliphatic heterocycles. The summed E-state index contributed by atoms with van der Waals surface area (Å²) in [6, 6.07) is 3.43. The molecular formula is C36H58O7. The van der Waals surface area contributed by atoms with Gasteiger partial charge in [-0.05, 0) is 113 Å². The number of aliphatic hydroxyl groups excluding tert-OH is 1. The first-order chi connectivity index (χ1) is 20.0. The van der Waals surface area contributed by atoms with Crippen molar-refractivity contribution in [1.29, 1.82) is 0 Å². The van der Waals surface area contributed by atoms with E-state index in [9.17, 15) is 30.0 Å². The van der Waals surface area contributed by atoms with Crippen LogP contribution in [0.5, 0.6) is 5.75 Å². The van der Waals surface area contributed by atoms with Crippen molar-refractivity contribution in [3.8, 4) is 5.75 Å². The van der Waals surface area contributed by atoms with E-state index < -0.39 is 23.6 Å². The number of carbonyl (C=O) groups excluding carboxylic acids is 1. The molecule has 7 heteroatoms. The SMILES string of the molecule is CC[C@@H](C(=O)[C@@H](C)[C@@H](O)[C@H](C)CCc1ccc(C)c(O)c1C(=O)O)[C@H]1C[C@](CC)([C@@]2(C)CC[C@](O)(CC)[C@H](C)O2)C[C@@H]1C. The molecule has 1 saturated heterocycles. The molecule has 1 aromatic carbocycles. The third-order valence-corrected chi connectivity index (χ3v) is 12.1. The number of aryl methyl sites for hydroxylation is 2. The molecule has 0 radical (unpaired) electrons. The maximum absolute atomic E-state index is 14.0. The van der Waals surface area contributed by atoms with Crippen LogP contribution in [0.15, 0.2) is 12.1 Å². The summed E-state index contributed by atoms with van der Waals surface area (Å²) in [6.45, 7) is 18.2. The van der Waals surface area contributed by atoms with Crippen molar-refractivity contribution in [2.45, 2.75) is 144 Å². The molecule has 0 spiro atoms. The van der Waals surface area contributed by atoms with Crippen molar-refractivity contribution in [3.63, 3.8) is 0 Å². The summed E-state index contributed by atoms with van der Waals surface area (Å²) in [7, 11) is 0. The minimum atomic E-state index is -1.17. The van der Waals surface area contributed by atoms with Crippen molar-refractivity contribution >= 4 is 11.8 Å². The topological polar surface area (TPSA) is 124 Å². The fourth-order valence-electron chi connectivity index (χ4n) is 8.66. The van der Waals surface area contributed by atoms with Gasteiger partial charge in [-0.1, -0.05) is 53.7 Å². The molecule has 4 N–H and O–H groups in total. The zero-order chi connectivity index (χ0) is 32.5. The van der Waals surface area contributed by atoms with Gasteiger partial charge >= 0.3 is 5.97 Å². The second kappa shape index (κ2) is 13.6. The lowest BCUT2D eigenvalue weighted by Crippen LogP contribution is -2.58. The monoisotopic (exact) mass is 602 g/mol. The van der Waals surface area contributed by atoms with Crippen molar-refractivity contribution < 1.29 is 34.8 Å². The van der Waals surface area contributed by atoms with Crippen molar-refractivity contribution in [1.82, 2.24) is 0 Å². The first-order valence-electron chi connectivity index (χ1n) is 16.7. The molecule has 1 aliphatic carbocycles. The minimum Gasteiger partial charge on any atom is -0.507 e. The van der Waals surface area contributed by atoms with Gasteiger partial charge in [0.25, 0.3) is 0 Å². The lowest BCUT2D eigenvalue weighted by molar-refractivity contribution is -0.248. The Morgan fingerprint density at radius 2 is 1.72 bits per heavy atom. The number of rotatable bonds is 13. The Balaban J connectivity index is 1.73. The molecule has 244 valence electrons. The number of benzene rings is 1. The molecule has 1 heterocycles. The van der Waals surface area contributed by atoms with Crippen LogP contribution >= 0.6 is 0 Å². The van der Waals surface area contributed by atoms with Crippen molar-refractivity contribution in [2.75, 3.05) is 0 Å². The van der Waals surface area contributed by atoms with Crippen LogP contribution in [0.2, 0.25) is 0 Å². The Morgan fingerprint density at radius 1 is 1.07 bits per heavy atom. The maximum atomic E-state index is 14.0. The number of carboxylic acids is 1.